The van der Waals surface area contributed by atoms with Crippen LogP contribution in [0.25, 0.3) is 0 Å². The summed E-state index contributed by atoms with van der Waals surface area (Å²) in [5, 5.41) is 21.6. The zero-order valence-electron chi connectivity index (χ0n) is 15.8. The zero-order chi connectivity index (χ0) is 20.8. The largest absolute Gasteiger partial charge is 0.480 e. The molecule has 1 aromatic carbocycles. The fraction of sp³-hybridized carbons (Fsp3) is 0.526. The molecule has 2 rings (SSSR count). The molecule has 0 amide bonds. The number of rotatable bonds is 10. The molecule has 0 saturated carbocycles. The van der Waals surface area contributed by atoms with Gasteiger partial charge in [0.2, 0.25) is 0 Å². The van der Waals surface area contributed by atoms with E-state index in [4.69, 9.17) is 0 Å². The maximum atomic E-state index is 13.4. The smallest absolute Gasteiger partial charge is 0.320 e. The number of nitrogens with one attached hydrogen (secondary N) is 1. The summed E-state index contributed by atoms with van der Waals surface area (Å²) in [5.41, 5.74) is 0.402. The number of halogens is 2. The van der Waals surface area contributed by atoms with E-state index in [9.17, 15) is 28.6 Å². The minimum Gasteiger partial charge on any atom is -0.480 e. The molecule has 0 fully saturated rings. The molecule has 0 bridgehead atoms. The van der Waals surface area contributed by atoms with E-state index in [0.29, 0.717) is 18.5 Å². The predicted molar refractivity (Wildman–Crippen MR) is 99.1 cm³/mol. The highest BCUT2D eigenvalue weighted by Gasteiger charge is 2.31. The molecule has 7 nitrogen and oxygen atoms in total. The van der Waals surface area contributed by atoms with Crippen molar-refractivity contribution >= 4 is 18.3 Å². The zero-order valence-corrected chi connectivity index (χ0v) is 15.8. The number of hydrogen-bond acceptors (Lipinski definition) is 5. The van der Waals surface area contributed by atoms with E-state index in [1.54, 1.807) is 4.90 Å². The van der Waals surface area contributed by atoms with Gasteiger partial charge >= 0.3 is 11.9 Å². The molecule has 3 atom stereocenters. The maximum Gasteiger partial charge on any atom is 0.320 e. The molecule has 28 heavy (non-hydrogen) atoms. The Morgan fingerprint density at radius 1 is 1.18 bits per heavy atom. The van der Waals surface area contributed by atoms with Crippen LogP contribution in [0.15, 0.2) is 23.2 Å². The molecular weight excluding hydrogens is 372 g/mol. The van der Waals surface area contributed by atoms with Crippen LogP contribution in [0.3, 0.4) is 0 Å². The third-order valence-corrected chi connectivity index (χ3v) is 4.52. The van der Waals surface area contributed by atoms with Crippen LogP contribution >= 0.6 is 0 Å². The normalized spacial score (nSPS) is 18.5. The molecule has 0 radical (unpaired) electrons. The SMILES string of the molecule is CC(C)C[C@H](N[C@@H](CC1CN=CN1Cc1cc(F)cc(F)c1)C(=O)O)C(=O)O. The average Bonchev–Trinajstić information content (AvgIpc) is 2.98. The number of carboxylic acid groups (broad SMARTS) is 2. The second-order valence-electron chi connectivity index (χ2n) is 7.40. The van der Waals surface area contributed by atoms with Crippen LogP contribution in [0.5, 0.6) is 0 Å². The van der Waals surface area contributed by atoms with E-state index in [1.165, 1.54) is 18.5 Å². The maximum absolute atomic E-state index is 13.4. The van der Waals surface area contributed by atoms with Gasteiger partial charge < -0.3 is 15.1 Å². The number of aliphatic imine (C=N–C) groups is 1. The number of aliphatic carboxylic acids is 2. The Labute approximate surface area is 162 Å². The Bertz CT molecular complexity index is 722. The van der Waals surface area contributed by atoms with E-state index in [0.717, 1.165) is 6.07 Å². The Kier molecular flexibility index (Phi) is 7.45. The molecule has 1 aromatic rings. The standard InChI is InChI=1S/C19H25F2N3O4/c1-11(2)3-16(18(25)26)23-17(19(27)28)7-15-8-22-10-24(15)9-12-4-13(20)6-14(21)5-12/h4-6,10-11,15-17,23H,3,7-9H2,1-2H3,(H,25,26)(H,27,28)/t15?,16-,17-/m0/s1. The number of carbonyl (C=O) groups is 2. The van der Waals surface area contributed by atoms with Gasteiger partial charge in [0.25, 0.3) is 0 Å². The Balaban J connectivity index is 2.06. The van der Waals surface area contributed by atoms with Gasteiger partial charge in [-0.2, -0.15) is 0 Å². The number of carboxylic acids is 2. The molecule has 1 aliphatic rings. The summed E-state index contributed by atoms with van der Waals surface area (Å²) in [7, 11) is 0. The van der Waals surface area contributed by atoms with Gasteiger partial charge in [0.1, 0.15) is 23.7 Å². The molecule has 3 N–H and O–H groups in total. The lowest BCUT2D eigenvalue weighted by atomic mass is 10.0. The summed E-state index contributed by atoms with van der Waals surface area (Å²) < 4.78 is 26.8. The van der Waals surface area contributed by atoms with Crippen LogP contribution in [-0.2, 0) is 16.1 Å². The fourth-order valence-electron chi connectivity index (χ4n) is 3.23. The van der Waals surface area contributed by atoms with E-state index < -0.39 is 35.7 Å². The van der Waals surface area contributed by atoms with Gasteiger partial charge in [0, 0.05) is 12.6 Å². The monoisotopic (exact) mass is 397 g/mol. The van der Waals surface area contributed by atoms with E-state index in [1.807, 2.05) is 13.8 Å². The molecule has 0 aromatic heterocycles. The summed E-state index contributed by atoms with van der Waals surface area (Å²) in [6.07, 6.45) is 1.93. The minimum atomic E-state index is -1.15. The van der Waals surface area contributed by atoms with Gasteiger partial charge in [-0.25, -0.2) is 8.78 Å². The van der Waals surface area contributed by atoms with Crippen molar-refractivity contribution in [3.05, 3.63) is 35.4 Å². The lowest BCUT2D eigenvalue weighted by Gasteiger charge is -2.28. The van der Waals surface area contributed by atoms with Gasteiger partial charge in [-0.1, -0.05) is 13.8 Å². The van der Waals surface area contributed by atoms with Crippen molar-refractivity contribution < 1.29 is 28.6 Å². The molecule has 9 heteroatoms. The average molecular weight is 397 g/mol. The summed E-state index contributed by atoms with van der Waals surface area (Å²) >= 11 is 0. The Morgan fingerprint density at radius 2 is 1.79 bits per heavy atom. The second kappa shape index (κ2) is 9.59. The van der Waals surface area contributed by atoms with Crippen molar-refractivity contribution in [2.45, 2.75) is 51.4 Å². The van der Waals surface area contributed by atoms with Crippen LogP contribution in [0, 0.1) is 17.6 Å². The number of benzene rings is 1. The highest BCUT2D eigenvalue weighted by Crippen LogP contribution is 2.18. The Morgan fingerprint density at radius 3 is 2.32 bits per heavy atom. The molecule has 154 valence electrons. The lowest BCUT2D eigenvalue weighted by Crippen LogP contribution is -2.50. The van der Waals surface area contributed by atoms with Crippen molar-refractivity contribution in [1.82, 2.24) is 10.2 Å². The van der Waals surface area contributed by atoms with Gasteiger partial charge in [0.05, 0.1) is 18.9 Å². The minimum absolute atomic E-state index is 0.0808. The van der Waals surface area contributed by atoms with Crippen molar-refractivity contribution in [1.29, 1.82) is 0 Å². The third-order valence-electron chi connectivity index (χ3n) is 4.52. The van der Waals surface area contributed by atoms with Gasteiger partial charge in [0.15, 0.2) is 0 Å². The fourth-order valence-corrected chi connectivity index (χ4v) is 3.23. The van der Waals surface area contributed by atoms with Crippen molar-refractivity contribution in [2.75, 3.05) is 6.54 Å². The van der Waals surface area contributed by atoms with Crippen LogP contribution in [0.2, 0.25) is 0 Å². The Hall–Kier alpha value is -2.55. The van der Waals surface area contributed by atoms with Crippen LogP contribution in [-0.4, -0.2) is 58.1 Å². The number of hydrogen-bond donors (Lipinski definition) is 3. The van der Waals surface area contributed by atoms with Crippen molar-refractivity contribution in [3.8, 4) is 0 Å². The van der Waals surface area contributed by atoms with Crippen molar-refractivity contribution in [3.63, 3.8) is 0 Å². The summed E-state index contributed by atoms with van der Waals surface area (Å²) in [5.74, 6) is -3.55. The molecular formula is C19H25F2N3O4. The van der Waals surface area contributed by atoms with Gasteiger partial charge in [-0.05, 0) is 36.5 Å². The first-order valence-electron chi connectivity index (χ1n) is 9.08. The third kappa shape index (κ3) is 6.26. The first-order chi connectivity index (χ1) is 13.2. The second-order valence-corrected chi connectivity index (χ2v) is 7.40. The van der Waals surface area contributed by atoms with Gasteiger partial charge in [-0.3, -0.25) is 19.9 Å². The van der Waals surface area contributed by atoms with Gasteiger partial charge in [-0.15, -0.1) is 0 Å². The summed E-state index contributed by atoms with van der Waals surface area (Å²) in [4.78, 5) is 29.0. The predicted octanol–water partition coefficient (Wildman–Crippen LogP) is 2.11. The molecule has 0 spiro atoms. The molecule has 0 saturated heterocycles. The highest BCUT2D eigenvalue weighted by molar-refractivity contribution is 5.77. The molecule has 1 aliphatic heterocycles. The molecule has 0 aliphatic carbocycles. The van der Waals surface area contributed by atoms with Crippen LogP contribution < -0.4 is 5.32 Å². The van der Waals surface area contributed by atoms with Crippen molar-refractivity contribution in [2.24, 2.45) is 10.9 Å². The first-order valence-corrected chi connectivity index (χ1v) is 9.08. The van der Waals surface area contributed by atoms with Crippen LogP contribution in [0.4, 0.5) is 8.78 Å². The summed E-state index contributed by atoms with van der Waals surface area (Å²) in [6.45, 7) is 4.21. The van der Waals surface area contributed by atoms with E-state index in [-0.39, 0.29) is 24.9 Å². The van der Waals surface area contributed by atoms with E-state index >= 15 is 0 Å². The summed E-state index contributed by atoms with van der Waals surface area (Å²) in [6, 6.07) is 0.815. The van der Waals surface area contributed by atoms with E-state index in [2.05, 4.69) is 10.3 Å². The highest BCUT2D eigenvalue weighted by atomic mass is 19.1. The molecule has 1 heterocycles. The quantitative estimate of drug-likeness (QED) is 0.559. The number of nitrogens with zero attached hydrogens (tertiary/aromatic N) is 2. The first kappa shape index (κ1) is 21.7. The van der Waals surface area contributed by atoms with Crippen LogP contribution in [0.1, 0.15) is 32.3 Å². The topological polar surface area (TPSA) is 102 Å². The molecule has 1 unspecified atom stereocenters. The lowest BCUT2D eigenvalue weighted by molar-refractivity contribution is -0.143.